The molecule has 19 heavy (non-hydrogen) atoms. The van der Waals surface area contributed by atoms with Crippen LogP contribution in [0, 0.1) is 0 Å². The summed E-state index contributed by atoms with van der Waals surface area (Å²) in [4.78, 5) is 13.0. The van der Waals surface area contributed by atoms with E-state index in [-0.39, 0.29) is 12.1 Å². The molecule has 0 heterocycles. The summed E-state index contributed by atoms with van der Waals surface area (Å²) >= 11 is 0. The fourth-order valence-corrected chi connectivity index (χ4v) is 4.69. The summed E-state index contributed by atoms with van der Waals surface area (Å²) in [6, 6.07) is 0. The van der Waals surface area contributed by atoms with E-state index in [9.17, 15) is 4.79 Å². The maximum atomic E-state index is 10.7. The Labute approximate surface area is 118 Å². The van der Waals surface area contributed by atoms with Crippen molar-refractivity contribution in [3.05, 3.63) is 0 Å². The smallest absolute Gasteiger partial charge is 0.339 e. The van der Waals surface area contributed by atoms with Crippen LogP contribution in [0.3, 0.4) is 0 Å². The fourth-order valence-electron chi connectivity index (χ4n) is 2.18. The molecular weight excluding hydrogens is 262 g/mol. The highest BCUT2D eigenvalue weighted by atomic mass is 28.3. The summed E-state index contributed by atoms with van der Waals surface area (Å²) in [5, 5.41) is 8.84. The second kappa shape index (κ2) is 11.4. The highest BCUT2D eigenvalue weighted by Gasteiger charge is 2.30. The van der Waals surface area contributed by atoms with E-state index in [1.54, 1.807) is 0 Å². The molecule has 0 radical (unpaired) electrons. The minimum Gasteiger partial charge on any atom is -0.481 e. The van der Waals surface area contributed by atoms with E-state index in [2.05, 4.69) is 18.7 Å². The first-order chi connectivity index (χ1) is 9.10. The molecule has 0 fully saturated rings. The number of hydrogen-bond donors (Lipinski definition) is 1. The zero-order chi connectivity index (χ0) is 14.7. The maximum Gasteiger partial charge on any atom is 0.339 e. The molecule has 1 unspecified atom stereocenters. The number of hydrogen-bond acceptors (Lipinski definition) is 4. The second-order valence-electron chi connectivity index (χ2n) is 4.41. The normalized spacial score (nSPS) is 13.2. The van der Waals surface area contributed by atoms with E-state index in [4.69, 9.17) is 14.0 Å². The van der Waals surface area contributed by atoms with E-state index < -0.39 is 15.3 Å². The summed E-state index contributed by atoms with van der Waals surface area (Å²) in [5.41, 5.74) is 0.259. The van der Waals surface area contributed by atoms with Gasteiger partial charge in [0.15, 0.2) is 0 Å². The van der Waals surface area contributed by atoms with Crippen LogP contribution in [-0.2, 0) is 13.6 Å². The summed E-state index contributed by atoms with van der Waals surface area (Å²) in [6.45, 7) is 10.9. The van der Waals surface area contributed by atoms with Crippen LogP contribution in [0.15, 0.2) is 0 Å². The van der Waals surface area contributed by atoms with Gasteiger partial charge in [-0.15, -0.1) is 0 Å². The monoisotopic (exact) mass is 291 g/mol. The van der Waals surface area contributed by atoms with E-state index in [0.29, 0.717) is 19.8 Å². The molecule has 0 saturated carbocycles. The summed E-state index contributed by atoms with van der Waals surface area (Å²) in [7, 11) is -1.77. The van der Waals surface area contributed by atoms with Crippen LogP contribution in [0.4, 0.5) is 0 Å². The van der Waals surface area contributed by atoms with Crippen LogP contribution in [0.25, 0.3) is 0 Å². The lowest BCUT2D eigenvalue weighted by Gasteiger charge is -2.34. The number of carboxylic acid groups (broad SMARTS) is 1. The third kappa shape index (κ3) is 7.66. The molecule has 0 aliphatic rings. The maximum absolute atomic E-state index is 10.7. The Morgan fingerprint density at radius 2 is 1.79 bits per heavy atom. The Morgan fingerprint density at radius 1 is 1.21 bits per heavy atom. The molecule has 0 aromatic heterocycles. The number of nitrogens with zero attached hydrogens (tertiary/aromatic N) is 1. The standard InChI is InChI=1S/C13H29NO4Si/c1-5-9-12(19(17-7-3)18-8-4)14(6-2)11-10-13(15)16/h12,19H,5-11H2,1-4H3,(H,15,16). The molecule has 5 nitrogen and oxygen atoms in total. The fraction of sp³-hybridized carbons (Fsp3) is 0.923. The molecule has 1 atom stereocenters. The van der Waals surface area contributed by atoms with Gasteiger partial charge in [-0.25, -0.2) is 0 Å². The molecule has 1 N–H and O–H groups in total. The number of carboxylic acids is 1. The lowest BCUT2D eigenvalue weighted by molar-refractivity contribution is -0.137. The van der Waals surface area contributed by atoms with Gasteiger partial charge < -0.3 is 14.0 Å². The van der Waals surface area contributed by atoms with Crippen molar-refractivity contribution in [3.8, 4) is 0 Å². The molecule has 0 bridgehead atoms. The van der Waals surface area contributed by atoms with Gasteiger partial charge in [-0.05, 0) is 26.8 Å². The van der Waals surface area contributed by atoms with Gasteiger partial charge in [0.1, 0.15) is 0 Å². The van der Waals surface area contributed by atoms with Crippen LogP contribution in [0.1, 0.15) is 47.0 Å². The zero-order valence-electron chi connectivity index (χ0n) is 12.7. The van der Waals surface area contributed by atoms with Crippen LogP contribution in [0.2, 0.25) is 0 Å². The van der Waals surface area contributed by atoms with Crippen molar-refractivity contribution < 1.29 is 18.8 Å². The van der Waals surface area contributed by atoms with Crippen molar-refractivity contribution in [1.82, 2.24) is 4.90 Å². The average molecular weight is 291 g/mol. The van der Waals surface area contributed by atoms with E-state index in [1.165, 1.54) is 0 Å². The molecule has 0 amide bonds. The van der Waals surface area contributed by atoms with Gasteiger partial charge in [0.25, 0.3) is 0 Å². The molecule has 0 aliphatic heterocycles. The zero-order valence-corrected chi connectivity index (χ0v) is 13.9. The predicted octanol–water partition coefficient (Wildman–Crippen LogP) is 1.78. The van der Waals surface area contributed by atoms with Gasteiger partial charge in [-0.1, -0.05) is 20.3 Å². The molecule has 0 rings (SSSR count). The Morgan fingerprint density at radius 3 is 2.16 bits per heavy atom. The third-order valence-electron chi connectivity index (χ3n) is 3.05. The highest BCUT2D eigenvalue weighted by Crippen LogP contribution is 2.13. The van der Waals surface area contributed by atoms with E-state index in [1.807, 2.05) is 13.8 Å². The van der Waals surface area contributed by atoms with Gasteiger partial charge in [0.05, 0.1) is 12.1 Å². The van der Waals surface area contributed by atoms with Crippen molar-refractivity contribution in [2.75, 3.05) is 26.3 Å². The third-order valence-corrected chi connectivity index (χ3v) is 5.76. The topological polar surface area (TPSA) is 59.0 Å². The molecule has 6 heteroatoms. The van der Waals surface area contributed by atoms with Crippen LogP contribution >= 0.6 is 0 Å². The Hall–Kier alpha value is -0.433. The van der Waals surface area contributed by atoms with Crippen LogP contribution in [0.5, 0.6) is 0 Å². The minimum absolute atomic E-state index is 0.174. The molecule has 0 saturated heterocycles. The van der Waals surface area contributed by atoms with Crippen LogP contribution in [-0.4, -0.2) is 57.2 Å². The lowest BCUT2D eigenvalue weighted by atomic mass is 10.3. The van der Waals surface area contributed by atoms with E-state index >= 15 is 0 Å². The highest BCUT2D eigenvalue weighted by molar-refractivity contribution is 6.46. The van der Waals surface area contributed by atoms with Gasteiger partial charge in [0.2, 0.25) is 0 Å². The molecule has 0 spiro atoms. The lowest BCUT2D eigenvalue weighted by Crippen LogP contribution is -2.50. The second-order valence-corrected chi connectivity index (χ2v) is 6.58. The predicted molar refractivity (Wildman–Crippen MR) is 78.6 cm³/mol. The number of rotatable bonds is 12. The summed E-state index contributed by atoms with van der Waals surface area (Å²) in [6.07, 6.45) is 2.23. The summed E-state index contributed by atoms with van der Waals surface area (Å²) in [5.74, 6) is -0.750. The van der Waals surface area contributed by atoms with E-state index in [0.717, 1.165) is 19.4 Å². The van der Waals surface area contributed by atoms with Crippen molar-refractivity contribution in [2.45, 2.75) is 52.6 Å². The first-order valence-electron chi connectivity index (χ1n) is 7.29. The van der Waals surface area contributed by atoms with Gasteiger partial charge in [-0.2, -0.15) is 0 Å². The van der Waals surface area contributed by atoms with Crippen LogP contribution < -0.4 is 0 Å². The van der Waals surface area contributed by atoms with Crippen molar-refractivity contribution in [2.24, 2.45) is 0 Å². The first kappa shape index (κ1) is 18.6. The summed E-state index contributed by atoms with van der Waals surface area (Å²) < 4.78 is 11.6. The average Bonchev–Trinajstić information content (AvgIpc) is 2.37. The SMILES string of the molecule is CCCC(N(CC)CCC(=O)O)[SiH](OCC)OCC. The Balaban J connectivity index is 4.71. The van der Waals surface area contributed by atoms with Gasteiger partial charge in [-0.3, -0.25) is 9.69 Å². The Bertz CT molecular complexity index is 235. The molecule has 0 aromatic carbocycles. The molecule has 0 aromatic rings. The molecular formula is C13H29NO4Si. The first-order valence-corrected chi connectivity index (χ1v) is 8.90. The van der Waals surface area contributed by atoms with Crippen molar-refractivity contribution >= 4 is 15.3 Å². The Kier molecular flexibility index (Phi) is 11.1. The molecule has 0 aliphatic carbocycles. The van der Waals surface area contributed by atoms with Crippen molar-refractivity contribution in [3.63, 3.8) is 0 Å². The quantitative estimate of drug-likeness (QED) is 0.556. The largest absolute Gasteiger partial charge is 0.481 e. The van der Waals surface area contributed by atoms with Gasteiger partial charge >= 0.3 is 15.3 Å². The minimum atomic E-state index is -1.77. The molecule has 114 valence electrons. The van der Waals surface area contributed by atoms with Crippen molar-refractivity contribution in [1.29, 1.82) is 0 Å². The number of aliphatic carboxylic acids is 1. The number of carbonyl (C=O) groups is 1. The van der Waals surface area contributed by atoms with Gasteiger partial charge in [0, 0.05) is 19.8 Å².